The molecule has 1 aromatic rings. The van der Waals surface area contributed by atoms with Gasteiger partial charge in [0, 0.05) is 6.54 Å². The second-order valence-electron chi connectivity index (χ2n) is 8.59. The summed E-state index contributed by atoms with van der Waals surface area (Å²) >= 11 is 0. The van der Waals surface area contributed by atoms with Gasteiger partial charge >= 0.3 is 12.1 Å². The second kappa shape index (κ2) is 12.6. The first-order valence-electron chi connectivity index (χ1n) is 10.5. The summed E-state index contributed by atoms with van der Waals surface area (Å²) in [6.07, 6.45) is 0.912. The number of benzene rings is 1. The molecule has 0 aliphatic carbocycles. The van der Waals surface area contributed by atoms with Crippen molar-refractivity contribution in [1.29, 1.82) is 0 Å². The maximum absolute atomic E-state index is 12.0. The van der Waals surface area contributed by atoms with E-state index in [1.807, 2.05) is 18.2 Å². The molecule has 6 nitrogen and oxygen atoms in total. The minimum Gasteiger partial charge on any atom is -0.395 e. The molecule has 0 saturated carbocycles. The van der Waals surface area contributed by atoms with E-state index in [1.54, 1.807) is 6.07 Å². The van der Waals surface area contributed by atoms with E-state index in [1.165, 1.54) is 0 Å². The third kappa shape index (κ3) is 9.41. The summed E-state index contributed by atoms with van der Waals surface area (Å²) in [5, 5.41) is 0. The van der Waals surface area contributed by atoms with Crippen molar-refractivity contribution in [3.63, 3.8) is 0 Å². The lowest BCUT2D eigenvalue weighted by Gasteiger charge is -2.26. The monoisotopic (exact) mass is 406 g/mol. The van der Waals surface area contributed by atoms with Crippen LogP contribution in [0.25, 0.3) is 0 Å². The van der Waals surface area contributed by atoms with Gasteiger partial charge in [-0.15, -0.1) is 0 Å². The molecular formula is C23H38N2O4. The van der Waals surface area contributed by atoms with Crippen molar-refractivity contribution in [2.45, 2.75) is 52.9 Å². The van der Waals surface area contributed by atoms with E-state index in [9.17, 15) is 9.59 Å². The van der Waals surface area contributed by atoms with Crippen LogP contribution in [0, 0.1) is 17.8 Å². The zero-order chi connectivity index (χ0) is 22.0. The molecule has 6 heteroatoms. The third-order valence-electron chi connectivity index (χ3n) is 5.06. The van der Waals surface area contributed by atoms with Crippen LogP contribution >= 0.6 is 0 Å². The van der Waals surface area contributed by atoms with Gasteiger partial charge in [-0.2, -0.15) is 0 Å². The number of rotatable bonds is 11. The highest BCUT2D eigenvalue weighted by atomic mass is 16.7. The highest BCUT2D eigenvalue weighted by molar-refractivity contribution is 5.82. The van der Waals surface area contributed by atoms with E-state index < -0.39 is 12.1 Å². The molecule has 1 rings (SSSR count). The maximum Gasteiger partial charge on any atom is 0.521 e. The van der Waals surface area contributed by atoms with E-state index in [0.717, 1.165) is 24.9 Å². The zero-order valence-corrected chi connectivity index (χ0v) is 18.8. The molecule has 0 spiro atoms. The molecule has 0 aliphatic heterocycles. The van der Waals surface area contributed by atoms with Crippen molar-refractivity contribution in [3.8, 4) is 5.75 Å². The standard InChI is InChI=1S/C23H38N2O4/c1-7-21(17(4)15-25(5)6)19-9-8-10-20(13-19)28-23(27)29-22(26)12-18(14-24)11-16(2)3/h8-10,13,16-18,21H,7,11-12,14-15,24H2,1-6H3/t17-,18-,21+/m0/s1. The molecule has 1 aromatic carbocycles. The molecule has 0 aliphatic rings. The van der Waals surface area contributed by atoms with E-state index >= 15 is 0 Å². The van der Waals surface area contributed by atoms with Crippen molar-refractivity contribution < 1.29 is 19.1 Å². The summed E-state index contributed by atoms with van der Waals surface area (Å²) < 4.78 is 10.1. The molecule has 0 saturated heterocycles. The van der Waals surface area contributed by atoms with Gasteiger partial charge in [0.1, 0.15) is 5.75 Å². The lowest BCUT2D eigenvalue weighted by atomic mass is 9.85. The first-order chi connectivity index (χ1) is 13.7. The predicted molar refractivity (Wildman–Crippen MR) is 116 cm³/mol. The van der Waals surface area contributed by atoms with Gasteiger partial charge < -0.3 is 20.1 Å². The van der Waals surface area contributed by atoms with E-state index in [4.69, 9.17) is 15.2 Å². The van der Waals surface area contributed by atoms with E-state index in [0.29, 0.717) is 30.0 Å². The Morgan fingerprint density at radius 3 is 2.41 bits per heavy atom. The molecule has 0 aromatic heterocycles. The van der Waals surface area contributed by atoms with Gasteiger partial charge in [-0.25, -0.2) is 4.79 Å². The Kier molecular flexibility index (Phi) is 10.9. The van der Waals surface area contributed by atoms with Gasteiger partial charge in [0.25, 0.3) is 0 Å². The molecule has 164 valence electrons. The maximum atomic E-state index is 12.0. The molecule has 0 amide bonds. The fourth-order valence-corrected chi connectivity index (χ4v) is 3.90. The quantitative estimate of drug-likeness (QED) is 0.332. The van der Waals surface area contributed by atoms with Crippen molar-refractivity contribution in [1.82, 2.24) is 4.90 Å². The van der Waals surface area contributed by atoms with Crippen LogP contribution in [0.4, 0.5) is 4.79 Å². The number of hydrogen-bond donors (Lipinski definition) is 1. The average molecular weight is 407 g/mol. The number of carbonyl (C=O) groups is 2. The van der Waals surface area contributed by atoms with Gasteiger partial charge in [0.2, 0.25) is 0 Å². The van der Waals surface area contributed by atoms with Crippen LogP contribution in [0.15, 0.2) is 24.3 Å². The molecular weight excluding hydrogens is 368 g/mol. The topological polar surface area (TPSA) is 81.9 Å². The normalized spacial score (nSPS) is 14.5. The Bertz CT molecular complexity index is 646. The average Bonchev–Trinajstić information content (AvgIpc) is 2.60. The van der Waals surface area contributed by atoms with Gasteiger partial charge in [0.15, 0.2) is 0 Å². The summed E-state index contributed by atoms with van der Waals surface area (Å²) in [6, 6.07) is 7.45. The lowest BCUT2D eigenvalue weighted by Crippen LogP contribution is -2.24. The number of esters is 1. The van der Waals surface area contributed by atoms with Crippen LogP contribution in [-0.2, 0) is 9.53 Å². The first kappa shape index (κ1) is 25.1. The van der Waals surface area contributed by atoms with E-state index in [-0.39, 0.29) is 12.3 Å². The van der Waals surface area contributed by atoms with Crippen molar-refractivity contribution in [3.05, 3.63) is 29.8 Å². The summed E-state index contributed by atoms with van der Waals surface area (Å²) in [4.78, 5) is 26.2. The van der Waals surface area contributed by atoms with Gasteiger partial charge in [-0.1, -0.05) is 39.8 Å². The Hall–Kier alpha value is -1.92. The van der Waals surface area contributed by atoms with Crippen LogP contribution < -0.4 is 10.5 Å². The summed E-state index contributed by atoms with van der Waals surface area (Å²) in [5.41, 5.74) is 6.82. The van der Waals surface area contributed by atoms with Crippen LogP contribution in [-0.4, -0.2) is 44.2 Å². The minimum atomic E-state index is -0.998. The fraction of sp³-hybridized carbons (Fsp3) is 0.652. The molecule has 3 atom stereocenters. The number of hydrogen-bond acceptors (Lipinski definition) is 6. The van der Waals surface area contributed by atoms with Crippen molar-refractivity contribution in [2.75, 3.05) is 27.2 Å². The van der Waals surface area contributed by atoms with Crippen molar-refractivity contribution in [2.24, 2.45) is 23.5 Å². The molecule has 0 fully saturated rings. The van der Waals surface area contributed by atoms with Gasteiger partial charge in [-0.3, -0.25) is 4.79 Å². The van der Waals surface area contributed by atoms with Crippen LogP contribution in [0.3, 0.4) is 0 Å². The Labute approximate surface area is 175 Å². The molecule has 2 N–H and O–H groups in total. The number of carbonyl (C=O) groups excluding carboxylic acids is 2. The second-order valence-corrected chi connectivity index (χ2v) is 8.59. The number of nitrogens with two attached hydrogens (primary N) is 1. The summed E-state index contributed by atoms with van der Waals surface area (Å²) in [6.45, 7) is 9.87. The van der Waals surface area contributed by atoms with E-state index in [2.05, 4.69) is 46.7 Å². The van der Waals surface area contributed by atoms with Crippen LogP contribution in [0.5, 0.6) is 5.75 Å². The predicted octanol–water partition coefficient (Wildman–Crippen LogP) is 4.43. The molecule has 29 heavy (non-hydrogen) atoms. The fourth-order valence-electron chi connectivity index (χ4n) is 3.90. The summed E-state index contributed by atoms with van der Waals surface area (Å²) in [5.74, 6) is 1.00. The molecule has 0 heterocycles. The Morgan fingerprint density at radius 1 is 1.17 bits per heavy atom. The Morgan fingerprint density at radius 2 is 1.86 bits per heavy atom. The highest BCUT2D eigenvalue weighted by Gasteiger charge is 2.21. The highest BCUT2D eigenvalue weighted by Crippen LogP contribution is 2.30. The van der Waals surface area contributed by atoms with Crippen LogP contribution in [0.1, 0.15) is 58.4 Å². The number of nitrogens with zero attached hydrogens (tertiary/aromatic N) is 1. The minimum absolute atomic E-state index is 0.00197. The van der Waals surface area contributed by atoms with Crippen LogP contribution in [0.2, 0.25) is 0 Å². The largest absolute Gasteiger partial charge is 0.521 e. The third-order valence-corrected chi connectivity index (χ3v) is 5.06. The molecule has 0 bridgehead atoms. The molecule has 0 unspecified atom stereocenters. The van der Waals surface area contributed by atoms with Gasteiger partial charge in [-0.05, 0) is 74.8 Å². The first-order valence-corrected chi connectivity index (χ1v) is 10.5. The zero-order valence-electron chi connectivity index (χ0n) is 18.8. The Balaban J connectivity index is 2.70. The number of ether oxygens (including phenoxy) is 2. The van der Waals surface area contributed by atoms with Crippen molar-refractivity contribution >= 4 is 12.1 Å². The lowest BCUT2D eigenvalue weighted by molar-refractivity contribution is -0.139. The smallest absolute Gasteiger partial charge is 0.395 e. The summed E-state index contributed by atoms with van der Waals surface area (Å²) in [7, 11) is 4.12. The SMILES string of the molecule is CC[C@@H](c1cccc(OC(=O)OC(=O)C[C@@H](CN)CC(C)C)c1)[C@@H](C)CN(C)C. The molecule has 0 radical (unpaired) electrons. The van der Waals surface area contributed by atoms with Gasteiger partial charge in [0.05, 0.1) is 6.42 Å².